The second-order valence-electron chi connectivity index (χ2n) is 4.99. The summed E-state index contributed by atoms with van der Waals surface area (Å²) in [6, 6.07) is 12.9. The average Bonchev–Trinajstić information content (AvgIpc) is 3.31. The summed E-state index contributed by atoms with van der Waals surface area (Å²) in [5.74, 6) is 1.66. The zero-order valence-corrected chi connectivity index (χ0v) is 11.4. The summed E-state index contributed by atoms with van der Waals surface area (Å²) >= 11 is 0. The van der Waals surface area contributed by atoms with Crippen molar-refractivity contribution in [2.24, 2.45) is 0 Å². The Morgan fingerprint density at radius 3 is 2.58 bits per heavy atom. The highest BCUT2D eigenvalue weighted by Gasteiger charge is 2.23. The van der Waals surface area contributed by atoms with Gasteiger partial charge in [-0.2, -0.15) is 0 Å². The van der Waals surface area contributed by atoms with Crippen LogP contribution in [-0.4, -0.2) is 19.1 Å². The van der Waals surface area contributed by atoms with E-state index < -0.39 is 0 Å². The molecule has 0 spiro atoms. The number of benzene rings is 1. The molecule has 1 aromatic carbocycles. The van der Waals surface area contributed by atoms with Gasteiger partial charge in [0.15, 0.2) is 0 Å². The Bertz CT molecular complexity index is 588. The molecule has 0 unspecified atom stereocenters. The zero-order valence-electron chi connectivity index (χ0n) is 11.4. The van der Waals surface area contributed by atoms with Crippen molar-refractivity contribution in [3.05, 3.63) is 42.0 Å². The topological polar surface area (TPSA) is 37.0 Å². The van der Waals surface area contributed by atoms with Crippen molar-refractivity contribution in [1.82, 2.24) is 4.98 Å². The number of hydrogen-bond acceptors (Lipinski definition) is 3. The second-order valence-corrected chi connectivity index (χ2v) is 4.99. The molecule has 3 heteroatoms. The lowest BCUT2D eigenvalue weighted by Crippen LogP contribution is -2.00. The molecule has 2 aromatic rings. The fourth-order valence-electron chi connectivity index (χ4n) is 2.38. The van der Waals surface area contributed by atoms with Gasteiger partial charge in [-0.3, -0.25) is 0 Å². The van der Waals surface area contributed by atoms with Gasteiger partial charge in [-0.05, 0) is 42.5 Å². The summed E-state index contributed by atoms with van der Waals surface area (Å²) in [6.45, 7) is 0. The minimum atomic E-state index is 0.778. The first-order valence-electron chi connectivity index (χ1n) is 6.78. The van der Waals surface area contributed by atoms with Crippen LogP contribution < -0.4 is 10.6 Å². The number of pyridine rings is 1. The summed E-state index contributed by atoms with van der Waals surface area (Å²) in [6.07, 6.45) is 2.66. The Morgan fingerprint density at radius 2 is 1.89 bits per heavy atom. The first kappa shape index (κ1) is 12.0. The van der Waals surface area contributed by atoms with E-state index in [0.717, 1.165) is 23.1 Å². The van der Waals surface area contributed by atoms with Gasteiger partial charge in [-0.1, -0.05) is 18.2 Å². The quantitative estimate of drug-likeness (QED) is 0.872. The van der Waals surface area contributed by atoms with Crippen molar-refractivity contribution in [1.29, 1.82) is 0 Å². The van der Waals surface area contributed by atoms with Gasteiger partial charge in [0.25, 0.3) is 0 Å². The van der Waals surface area contributed by atoms with E-state index in [-0.39, 0.29) is 0 Å². The molecule has 0 aliphatic heterocycles. The molecular weight excluding hydrogens is 234 g/mol. The number of anilines is 2. The molecule has 0 atom stereocenters. The highest BCUT2D eigenvalue weighted by atomic mass is 15.0. The van der Waals surface area contributed by atoms with Crippen molar-refractivity contribution in [2.75, 3.05) is 24.7 Å². The molecule has 0 saturated heterocycles. The van der Waals surface area contributed by atoms with Gasteiger partial charge in [0.1, 0.15) is 5.82 Å². The molecular formula is C16H19N3. The van der Waals surface area contributed by atoms with E-state index >= 15 is 0 Å². The normalized spacial score (nSPS) is 14.2. The van der Waals surface area contributed by atoms with Crippen LogP contribution in [-0.2, 0) is 0 Å². The molecule has 1 aliphatic carbocycles. The van der Waals surface area contributed by atoms with Gasteiger partial charge < -0.3 is 10.6 Å². The number of aromatic nitrogens is 1. The Hall–Kier alpha value is -2.03. The van der Waals surface area contributed by atoms with E-state index in [1.54, 1.807) is 0 Å². The third kappa shape index (κ3) is 2.41. The van der Waals surface area contributed by atoms with E-state index in [9.17, 15) is 0 Å². The fourth-order valence-corrected chi connectivity index (χ4v) is 2.38. The van der Waals surface area contributed by atoms with Crippen LogP contribution in [0.2, 0.25) is 0 Å². The van der Waals surface area contributed by atoms with Crippen LogP contribution in [0, 0.1) is 0 Å². The Morgan fingerprint density at radius 1 is 1.05 bits per heavy atom. The molecule has 1 aromatic heterocycles. The van der Waals surface area contributed by atoms with Crippen molar-refractivity contribution in [2.45, 2.75) is 18.8 Å². The summed E-state index contributed by atoms with van der Waals surface area (Å²) in [5.41, 5.74) is 4.68. The Labute approximate surface area is 114 Å². The standard InChI is InChI=1S/C16H19N3/c1-17-15-9-8-14(19-16(15)18-2)13-5-3-4-12(10-13)11-6-7-11/h3-5,8-11,17H,6-7H2,1-2H3,(H,18,19). The third-order valence-electron chi connectivity index (χ3n) is 3.63. The van der Waals surface area contributed by atoms with Crippen LogP contribution >= 0.6 is 0 Å². The van der Waals surface area contributed by atoms with Crippen molar-refractivity contribution in [3.63, 3.8) is 0 Å². The molecule has 1 heterocycles. The van der Waals surface area contributed by atoms with Gasteiger partial charge in [0.2, 0.25) is 0 Å². The summed E-state index contributed by atoms with van der Waals surface area (Å²) in [5, 5.41) is 6.27. The molecule has 3 nitrogen and oxygen atoms in total. The lowest BCUT2D eigenvalue weighted by molar-refractivity contribution is 1.13. The van der Waals surface area contributed by atoms with Gasteiger partial charge >= 0.3 is 0 Å². The fraction of sp³-hybridized carbons (Fsp3) is 0.312. The smallest absolute Gasteiger partial charge is 0.149 e. The Kier molecular flexibility index (Phi) is 3.11. The predicted octanol–water partition coefficient (Wildman–Crippen LogP) is 3.71. The van der Waals surface area contributed by atoms with Crippen LogP contribution in [0.5, 0.6) is 0 Å². The van der Waals surface area contributed by atoms with Gasteiger partial charge in [-0.25, -0.2) is 4.98 Å². The van der Waals surface area contributed by atoms with Crippen LogP contribution in [0.4, 0.5) is 11.5 Å². The average molecular weight is 253 g/mol. The maximum atomic E-state index is 4.68. The number of nitrogens with zero attached hydrogens (tertiary/aromatic N) is 1. The van der Waals surface area contributed by atoms with Crippen molar-refractivity contribution < 1.29 is 0 Å². The largest absolute Gasteiger partial charge is 0.385 e. The van der Waals surface area contributed by atoms with E-state index in [1.807, 2.05) is 14.1 Å². The second kappa shape index (κ2) is 4.92. The molecule has 3 rings (SSSR count). The van der Waals surface area contributed by atoms with Gasteiger partial charge in [-0.15, -0.1) is 0 Å². The first-order valence-corrected chi connectivity index (χ1v) is 6.78. The van der Waals surface area contributed by atoms with Crippen LogP contribution in [0.15, 0.2) is 36.4 Å². The SMILES string of the molecule is CNc1ccc(-c2cccc(C3CC3)c2)nc1NC. The van der Waals surface area contributed by atoms with Crippen molar-refractivity contribution >= 4 is 11.5 Å². The van der Waals surface area contributed by atoms with E-state index in [1.165, 1.54) is 24.0 Å². The van der Waals surface area contributed by atoms with Crippen LogP contribution in [0.25, 0.3) is 11.3 Å². The van der Waals surface area contributed by atoms with Gasteiger partial charge in [0.05, 0.1) is 11.4 Å². The van der Waals surface area contributed by atoms with E-state index in [4.69, 9.17) is 0 Å². The van der Waals surface area contributed by atoms with E-state index in [2.05, 4.69) is 52.0 Å². The van der Waals surface area contributed by atoms with E-state index in [0.29, 0.717) is 0 Å². The lowest BCUT2D eigenvalue weighted by atomic mass is 10.0. The number of hydrogen-bond donors (Lipinski definition) is 2. The summed E-state index contributed by atoms with van der Waals surface area (Å²) in [4.78, 5) is 4.68. The molecule has 1 saturated carbocycles. The number of nitrogens with one attached hydrogen (secondary N) is 2. The maximum Gasteiger partial charge on any atom is 0.149 e. The minimum absolute atomic E-state index is 0.778. The molecule has 2 N–H and O–H groups in total. The molecule has 19 heavy (non-hydrogen) atoms. The minimum Gasteiger partial charge on any atom is -0.385 e. The molecule has 98 valence electrons. The third-order valence-corrected chi connectivity index (χ3v) is 3.63. The predicted molar refractivity (Wildman–Crippen MR) is 80.7 cm³/mol. The van der Waals surface area contributed by atoms with Crippen LogP contribution in [0.1, 0.15) is 24.3 Å². The zero-order chi connectivity index (χ0) is 13.2. The first-order chi connectivity index (χ1) is 9.31. The highest BCUT2D eigenvalue weighted by molar-refractivity contribution is 5.70. The summed E-state index contributed by atoms with van der Waals surface area (Å²) in [7, 11) is 3.80. The Balaban J connectivity index is 1.99. The van der Waals surface area contributed by atoms with Gasteiger partial charge in [0, 0.05) is 19.7 Å². The molecule has 1 aliphatic rings. The monoisotopic (exact) mass is 253 g/mol. The molecule has 0 radical (unpaired) electrons. The maximum absolute atomic E-state index is 4.68. The lowest BCUT2D eigenvalue weighted by Gasteiger charge is -2.10. The molecule has 0 amide bonds. The summed E-state index contributed by atoms with van der Waals surface area (Å²) < 4.78 is 0. The molecule has 1 fully saturated rings. The van der Waals surface area contributed by atoms with Crippen molar-refractivity contribution in [3.8, 4) is 11.3 Å². The highest BCUT2D eigenvalue weighted by Crippen LogP contribution is 2.41. The number of rotatable bonds is 4. The van der Waals surface area contributed by atoms with Crippen LogP contribution in [0.3, 0.4) is 0 Å². The molecule has 0 bridgehead atoms.